The quantitative estimate of drug-likeness (QED) is 0.246. The first-order chi connectivity index (χ1) is 20.5. The van der Waals surface area contributed by atoms with Crippen LogP contribution in [-0.4, -0.2) is 48.8 Å². The molecule has 0 radical (unpaired) electrons. The molecule has 1 aliphatic rings. The van der Waals surface area contributed by atoms with Gasteiger partial charge >= 0.3 is 19.1 Å². The van der Waals surface area contributed by atoms with Crippen LogP contribution in [0.25, 0.3) is 0 Å². The molecule has 0 aromatic heterocycles. The van der Waals surface area contributed by atoms with Gasteiger partial charge in [-0.15, -0.1) is 0 Å². The summed E-state index contributed by atoms with van der Waals surface area (Å²) < 4.78 is 28.9. The number of carbonyl (C=O) groups is 3. The molecule has 10 heteroatoms. The number of hydrogen-bond donors (Lipinski definition) is 1. The first-order valence-corrected chi connectivity index (χ1v) is 14.3. The fourth-order valence-electron chi connectivity index (χ4n) is 4.35. The molecule has 0 bridgehead atoms. The van der Waals surface area contributed by atoms with Crippen LogP contribution in [0.4, 0.5) is 0 Å². The van der Waals surface area contributed by atoms with Gasteiger partial charge in [-0.2, -0.15) is 0 Å². The Balaban J connectivity index is 1.50. The van der Waals surface area contributed by atoms with Crippen LogP contribution in [0.2, 0.25) is 0 Å². The first-order valence-electron chi connectivity index (χ1n) is 14.3. The monoisotopic (exact) mass is 587 g/mol. The molecule has 9 nitrogen and oxygen atoms in total. The maximum Gasteiger partial charge on any atom is 0.494 e. The maximum absolute atomic E-state index is 13.5. The van der Waals surface area contributed by atoms with Gasteiger partial charge in [0, 0.05) is 0 Å². The molecule has 1 heterocycles. The van der Waals surface area contributed by atoms with E-state index in [-0.39, 0.29) is 24.5 Å². The zero-order chi connectivity index (χ0) is 31.0. The van der Waals surface area contributed by atoms with E-state index in [4.69, 9.17) is 23.5 Å². The summed E-state index contributed by atoms with van der Waals surface area (Å²) in [5.74, 6) is -1.75. The largest absolute Gasteiger partial charge is 0.494 e. The molecule has 226 valence electrons. The van der Waals surface area contributed by atoms with Crippen molar-refractivity contribution in [3.63, 3.8) is 0 Å². The van der Waals surface area contributed by atoms with Gasteiger partial charge in [0.1, 0.15) is 25.0 Å². The molecule has 1 fully saturated rings. The zero-order valence-corrected chi connectivity index (χ0v) is 25.3. The van der Waals surface area contributed by atoms with Gasteiger partial charge in [-0.05, 0) is 63.3 Å². The topological polar surface area (TPSA) is 109 Å². The molecular weight excluding hydrogens is 549 g/mol. The molecule has 1 aliphatic heterocycles. The normalized spacial score (nSPS) is 15.8. The summed E-state index contributed by atoms with van der Waals surface area (Å²) in [4.78, 5) is 39.4. The standard InChI is InChI=1S/C33H38BNO8/c1-6-39-28-19-25(34-42-32(2,3)33(4,5)43-34)17-18-26(28)30(37)35-27(31(38)41-22-24-15-11-8-12-16-24)20-29(36)40-21-23-13-9-7-10-14-23/h7-19,27H,6,20-22H2,1-5H3,(H,35,37). The fraction of sp³-hybridized carbons (Fsp3) is 0.364. The number of carbonyl (C=O) groups excluding carboxylic acids is 3. The van der Waals surface area contributed by atoms with Crippen LogP contribution in [0.3, 0.4) is 0 Å². The number of rotatable bonds is 12. The van der Waals surface area contributed by atoms with Gasteiger partial charge in [0.2, 0.25) is 0 Å². The lowest BCUT2D eigenvalue weighted by molar-refractivity contribution is -0.153. The van der Waals surface area contributed by atoms with Crippen molar-refractivity contribution < 1.29 is 37.9 Å². The second kappa shape index (κ2) is 13.9. The van der Waals surface area contributed by atoms with Gasteiger partial charge in [-0.25, -0.2) is 4.79 Å². The van der Waals surface area contributed by atoms with Crippen LogP contribution >= 0.6 is 0 Å². The van der Waals surface area contributed by atoms with Crippen LogP contribution in [0.1, 0.15) is 62.5 Å². The molecule has 3 aromatic rings. The number of amides is 1. The Kier molecular flexibility index (Phi) is 10.3. The first kappa shape index (κ1) is 31.8. The Hall–Kier alpha value is -4.15. The predicted molar refractivity (Wildman–Crippen MR) is 162 cm³/mol. The number of hydrogen-bond acceptors (Lipinski definition) is 8. The van der Waals surface area contributed by atoms with E-state index in [0.717, 1.165) is 11.1 Å². The Morgan fingerprint density at radius 2 is 1.37 bits per heavy atom. The Labute approximate surface area is 253 Å². The molecule has 1 saturated heterocycles. The van der Waals surface area contributed by atoms with Crippen LogP contribution < -0.4 is 15.5 Å². The molecule has 1 N–H and O–H groups in total. The summed E-state index contributed by atoms with van der Waals surface area (Å²) in [5, 5.41) is 2.66. The second-order valence-electron chi connectivity index (χ2n) is 11.2. The van der Waals surface area contributed by atoms with Gasteiger partial charge in [0.25, 0.3) is 5.91 Å². The smallest absolute Gasteiger partial charge is 0.493 e. The minimum Gasteiger partial charge on any atom is -0.493 e. The highest BCUT2D eigenvalue weighted by molar-refractivity contribution is 6.62. The lowest BCUT2D eigenvalue weighted by Gasteiger charge is -2.32. The van der Waals surface area contributed by atoms with Crippen molar-refractivity contribution in [2.75, 3.05) is 6.61 Å². The third-order valence-corrected chi connectivity index (χ3v) is 7.50. The molecule has 0 aliphatic carbocycles. The van der Waals surface area contributed by atoms with E-state index in [1.54, 1.807) is 25.1 Å². The molecule has 1 atom stereocenters. The zero-order valence-electron chi connectivity index (χ0n) is 25.3. The summed E-state index contributed by atoms with van der Waals surface area (Å²) in [5.41, 5.74) is 1.35. The molecule has 4 rings (SSSR count). The molecule has 1 unspecified atom stereocenters. The van der Waals surface area contributed by atoms with E-state index in [1.165, 1.54) is 0 Å². The highest BCUT2D eigenvalue weighted by Crippen LogP contribution is 2.36. The Bertz CT molecular complexity index is 1390. The summed E-state index contributed by atoms with van der Waals surface area (Å²) in [7, 11) is -0.651. The average Bonchev–Trinajstić information content (AvgIpc) is 3.21. The Morgan fingerprint density at radius 1 is 0.814 bits per heavy atom. The van der Waals surface area contributed by atoms with Crippen molar-refractivity contribution in [1.29, 1.82) is 0 Å². The van der Waals surface area contributed by atoms with Gasteiger partial charge in [0.05, 0.1) is 29.8 Å². The lowest BCUT2D eigenvalue weighted by Crippen LogP contribution is -2.43. The van der Waals surface area contributed by atoms with Crippen LogP contribution in [0.5, 0.6) is 5.75 Å². The molecule has 0 spiro atoms. The molecular formula is C33H38BNO8. The molecule has 3 aromatic carbocycles. The van der Waals surface area contributed by atoms with E-state index in [1.807, 2.05) is 88.4 Å². The number of ether oxygens (including phenoxy) is 3. The van der Waals surface area contributed by atoms with E-state index in [9.17, 15) is 14.4 Å². The van der Waals surface area contributed by atoms with Crippen molar-refractivity contribution in [2.45, 2.75) is 71.5 Å². The van der Waals surface area contributed by atoms with Crippen LogP contribution in [0, 0.1) is 0 Å². The van der Waals surface area contributed by atoms with Gasteiger partial charge in [0.15, 0.2) is 0 Å². The van der Waals surface area contributed by atoms with E-state index >= 15 is 0 Å². The summed E-state index contributed by atoms with van der Waals surface area (Å²) in [6.45, 7) is 9.95. The van der Waals surface area contributed by atoms with Crippen molar-refractivity contribution >= 4 is 30.4 Å². The molecule has 1 amide bonds. The number of benzene rings is 3. The third-order valence-electron chi connectivity index (χ3n) is 7.50. The molecule has 43 heavy (non-hydrogen) atoms. The SMILES string of the molecule is CCOc1cc(B2OC(C)(C)C(C)(C)O2)ccc1C(=O)NC(CC(=O)OCc1ccccc1)C(=O)OCc1ccccc1. The third kappa shape index (κ3) is 8.24. The highest BCUT2D eigenvalue weighted by atomic mass is 16.7. The minimum atomic E-state index is -1.29. The fourth-order valence-corrected chi connectivity index (χ4v) is 4.35. The summed E-state index contributed by atoms with van der Waals surface area (Å²) in [6, 6.07) is 22.0. The maximum atomic E-state index is 13.5. The summed E-state index contributed by atoms with van der Waals surface area (Å²) >= 11 is 0. The van der Waals surface area contributed by atoms with Crippen LogP contribution in [0.15, 0.2) is 78.9 Å². The van der Waals surface area contributed by atoms with Crippen molar-refractivity contribution in [3.05, 3.63) is 95.6 Å². The minimum absolute atomic E-state index is 0.0158. The molecule has 0 saturated carbocycles. The van der Waals surface area contributed by atoms with Crippen LogP contribution in [-0.2, 0) is 41.6 Å². The van der Waals surface area contributed by atoms with Crippen molar-refractivity contribution in [1.82, 2.24) is 5.32 Å². The van der Waals surface area contributed by atoms with Gasteiger partial charge in [-0.3, -0.25) is 9.59 Å². The predicted octanol–water partition coefficient (Wildman–Crippen LogP) is 4.36. The van der Waals surface area contributed by atoms with Crippen molar-refractivity contribution in [3.8, 4) is 5.75 Å². The average molecular weight is 587 g/mol. The highest BCUT2D eigenvalue weighted by Gasteiger charge is 2.51. The van der Waals surface area contributed by atoms with E-state index < -0.39 is 48.6 Å². The van der Waals surface area contributed by atoms with Gasteiger partial charge in [-0.1, -0.05) is 66.7 Å². The van der Waals surface area contributed by atoms with E-state index in [0.29, 0.717) is 12.1 Å². The van der Waals surface area contributed by atoms with Gasteiger partial charge < -0.3 is 28.8 Å². The van der Waals surface area contributed by atoms with Crippen molar-refractivity contribution in [2.24, 2.45) is 0 Å². The van der Waals surface area contributed by atoms with E-state index in [2.05, 4.69) is 5.32 Å². The number of nitrogens with one attached hydrogen (secondary N) is 1. The summed E-state index contributed by atoms with van der Waals surface area (Å²) in [6.07, 6.45) is -0.415. The lowest BCUT2D eigenvalue weighted by atomic mass is 9.78. The second-order valence-corrected chi connectivity index (χ2v) is 11.2. The Morgan fingerprint density at radius 3 is 1.93 bits per heavy atom. The number of esters is 2.